The molecule has 0 aromatic carbocycles. The van der Waals surface area contributed by atoms with E-state index in [2.05, 4.69) is 75.5 Å². The summed E-state index contributed by atoms with van der Waals surface area (Å²) in [6.07, 6.45) is 22.4. The second kappa shape index (κ2) is 8.52. The van der Waals surface area contributed by atoms with Crippen LogP contribution in [0.4, 0.5) is 0 Å². The molecule has 1 unspecified atom stereocenters. The molecule has 0 aliphatic carbocycles. The quantitative estimate of drug-likeness (QED) is 0.510. The van der Waals surface area contributed by atoms with E-state index in [1.807, 2.05) is 6.92 Å². The molecule has 0 saturated carbocycles. The molecular weight excluding hydrogens is 242 g/mol. The summed E-state index contributed by atoms with van der Waals surface area (Å²) in [7, 11) is 0. The van der Waals surface area contributed by atoms with Crippen molar-refractivity contribution in [3.8, 4) is 0 Å². The predicted octanol–water partition coefficient (Wildman–Crippen LogP) is 5.58. The zero-order valence-electron chi connectivity index (χ0n) is 13.3. The van der Waals surface area contributed by atoms with Crippen LogP contribution in [0.5, 0.6) is 0 Å². The van der Waals surface area contributed by atoms with Crippen LogP contribution in [0.2, 0.25) is 0 Å². The number of hydrogen-bond acceptors (Lipinski definition) is 1. The Labute approximate surface area is 124 Å². The van der Waals surface area contributed by atoms with Gasteiger partial charge in [-0.15, -0.1) is 0 Å². The van der Waals surface area contributed by atoms with Gasteiger partial charge < -0.3 is 0 Å². The minimum Gasteiger partial charge on any atom is -0.274 e. The van der Waals surface area contributed by atoms with Crippen LogP contribution < -0.4 is 0 Å². The van der Waals surface area contributed by atoms with Crippen molar-refractivity contribution in [3.63, 3.8) is 0 Å². The van der Waals surface area contributed by atoms with Gasteiger partial charge in [-0.2, -0.15) is 0 Å². The lowest BCUT2D eigenvalue weighted by molar-refractivity contribution is 0.873. The van der Waals surface area contributed by atoms with Crippen molar-refractivity contribution in [3.05, 3.63) is 60.3 Å². The Hall–Kier alpha value is -1.63. The summed E-state index contributed by atoms with van der Waals surface area (Å²) in [5.41, 5.74) is 2.48. The first-order valence-corrected chi connectivity index (χ1v) is 7.59. The molecule has 0 fully saturated rings. The highest BCUT2D eigenvalue weighted by Gasteiger charge is 2.43. The summed E-state index contributed by atoms with van der Waals surface area (Å²) < 4.78 is 0. The third-order valence-corrected chi connectivity index (χ3v) is 3.36. The lowest BCUT2D eigenvalue weighted by Gasteiger charge is -2.10. The smallest absolute Gasteiger partial charge is 0.121 e. The molecule has 0 amide bonds. The molecule has 20 heavy (non-hydrogen) atoms. The third kappa shape index (κ3) is 4.80. The molecule has 1 aliphatic rings. The second-order valence-corrected chi connectivity index (χ2v) is 5.06. The van der Waals surface area contributed by atoms with E-state index in [9.17, 15) is 0 Å². The van der Waals surface area contributed by atoms with Gasteiger partial charge >= 0.3 is 0 Å². The molecule has 1 heterocycles. The van der Waals surface area contributed by atoms with Crippen molar-refractivity contribution in [2.45, 2.75) is 52.5 Å². The summed E-state index contributed by atoms with van der Waals surface area (Å²) in [6.45, 7) is 8.54. The van der Waals surface area contributed by atoms with Crippen molar-refractivity contribution < 1.29 is 0 Å². The molecule has 0 N–H and O–H groups in total. The number of allylic oxidation sites excluding steroid dienone is 8. The van der Waals surface area contributed by atoms with E-state index >= 15 is 0 Å². The molecule has 0 aromatic rings. The van der Waals surface area contributed by atoms with Crippen LogP contribution in [0.1, 0.15) is 47.0 Å². The van der Waals surface area contributed by atoms with Crippen molar-refractivity contribution in [2.24, 2.45) is 4.99 Å². The number of aliphatic imine (C=N–C) groups is 1. The van der Waals surface area contributed by atoms with E-state index in [4.69, 9.17) is 4.99 Å². The van der Waals surface area contributed by atoms with Crippen molar-refractivity contribution >= 4 is 5.71 Å². The SMILES string of the molecule is C\C=C/C=C(\C=C/CC)C1(C)N=C1C/C=C\C=C/CC. The van der Waals surface area contributed by atoms with Gasteiger partial charge in [-0.3, -0.25) is 4.99 Å². The Morgan fingerprint density at radius 2 is 1.75 bits per heavy atom. The summed E-state index contributed by atoms with van der Waals surface area (Å²) in [6, 6.07) is 0. The topological polar surface area (TPSA) is 12.4 Å². The van der Waals surface area contributed by atoms with Gasteiger partial charge in [0, 0.05) is 12.1 Å². The fraction of sp³-hybridized carbons (Fsp3) is 0.421. The Kier molecular flexibility index (Phi) is 7.00. The van der Waals surface area contributed by atoms with Gasteiger partial charge in [0.2, 0.25) is 0 Å². The first kappa shape index (κ1) is 16.4. The lowest BCUT2D eigenvalue weighted by atomic mass is 9.92. The fourth-order valence-electron chi connectivity index (χ4n) is 2.02. The standard InChI is InChI=1S/C19H27N/c1-5-8-11-12-13-16-18-19(4,20-18)17(14-9-6-2)15-10-7-3/h6,8-15H,5,7,16H2,1-4H3/b9-6-,11-8-,13-12-,15-10-,17-14+. The predicted molar refractivity (Wildman–Crippen MR) is 91.4 cm³/mol. The van der Waals surface area contributed by atoms with E-state index in [1.54, 1.807) is 0 Å². The van der Waals surface area contributed by atoms with E-state index in [0.717, 1.165) is 19.3 Å². The summed E-state index contributed by atoms with van der Waals surface area (Å²) in [5, 5.41) is 0. The normalized spacial score (nSPS) is 23.6. The van der Waals surface area contributed by atoms with Gasteiger partial charge in [0.15, 0.2) is 0 Å². The number of nitrogens with zero attached hydrogens (tertiary/aromatic N) is 1. The average Bonchev–Trinajstić information content (AvgIpc) is 3.10. The zero-order valence-corrected chi connectivity index (χ0v) is 13.3. The van der Waals surface area contributed by atoms with Crippen LogP contribution in [0.25, 0.3) is 0 Å². The first-order valence-electron chi connectivity index (χ1n) is 7.59. The van der Waals surface area contributed by atoms with Crippen LogP contribution in [-0.4, -0.2) is 11.3 Å². The Morgan fingerprint density at radius 1 is 1.05 bits per heavy atom. The van der Waals surface area contributed by atoms with Crippen LogP contribution in [0, 0.1) is 0 Å². The molecule has 1 nitrogen and oxygen atoms in total. The molecule has 0 aromatic heterocycles. The molecule has 0 spiro atoms. The highest BCUT2D eigenvalue weighted by Crippen LogP contribution is 2.38. The van der Waals surface area contributed by atoms with Crippen molar-refractivity contribution in [1.82, 2.24) is 0 Å². The highest BCUT2D eigenvalue weighted by molar-refractivity contribution is 6.09. The first-order chi connectivity index (χ1) is 9.69. The second-order valence-electron chi connectivity index (χ2n) is 5.06. The average molecular weight is 269 g/mol. The highest BCUT2D eigenvalue weighted by atomic mass is 15.0. The fourth-order valence-corrected chi connectivity index (χ4v) is 2.02. The molecular formula is C19H27N. The molecule has 1 atom stereocenters. The molecule has 0 saturated heterocycles. The number of rotatable bonds is 8. The van der Waals surface area contributed by atoms with E-state index in [1.165, 1.54) is 11.3 Å². The molecule has 1 rings (SSSR count). The van der Waals surface area contributed by atoms with Crippen molar-refractivity contribution in [2.75, 3.05) is 0 Å². The maximum absolute atomic E-state index is 4.70. The van der Waals surface area contributed by atoms with Gasteiger partial charge in [0.25, 0.3) is 0 Å². The van der Waals surface area contributed by atoms with Gasteiger partial charge in [0.1, 0.15) is 5.54 Å². The van der Waals surface area contributed by atoms with Gasteiger partial charge in [-0.1, -0.05) is 68.5 Å². The van der Waals surface area contributed by atoms with E-state index < -0.39 is 0 Å². The van der Waals surface area contributed by atoms with Crippen LogP contribution in [0.15, 0.2) is 65.2 Å². The van der Waals surface area contributed by atoms with E-state index in [0.29, 0.717) is 0 Å². The lowest BCUT2D eigenvalue weighted by Crippen LogP contribution is -2.15. The van der Waals surface area contributed by atoms with Crippen LogP contribution in [-0.2, 0) is 0 Å². The van der Waals surface area contributed by atoms with E-state index in [-0.39, 0.29) is 5.54 Å². The van der Waals surface area contributed by atoms with Gasteiger partial charge in [-0.25, -0.2) is 0 Å². The molecule has 1 aliphatic heterocycles. The zero-order chi connectivity index (χ0) is 14.8. The molecule has 0 radical (unpaired) electrons. The minimum absolute atomic E-state index is 0.0794. The third-order valence-electron chi connectivity index (χ3n) is 3.36. The van der Waals surface area contributed by atoms with Crippen LogP contribution in [0.3, 0.4) is 0 Å². The van der Waals surface area contributed by atoms with Crippen LogP contribution >= 0.6 is 0 Å². The molecule has 108 valence electrons. The van der Waals surface area contributed by atoms with Gasteiger partial charge in [0.05, 0.1) is 0 Å². The maximum atomic E-state index is 4.70. The monoisotopic (exact) mass is 269 g/mol. The summed E-state index contributed by atoms with van der Waals surface area (Å²) in [5.74, 6) is 0. The Morgan fingerprint density at radius 3 is 2.40 bits per heavy atom. The number of hydrogen-bond donors (Lipinski definition) is 0. The minimum atomic E-state index is -0.0794. The van der Waals surface area contributed by atoms with Gasteiger partial charge in [-0.05, 0) is 32.3 Å². The largest absolute Gasteiger partial charge is 0.274 e. The molecule has 1 heteroatoms. The Bertz CT molecular complexity index is 472. The Balaban J connectivity index is 2.64. The summed E-state index contributed by atoms with van der Waals surface area (Å²) >= 11 is 0. The summed E-state index contributed by atoms with van der Waals surface area (Å²) in [4.78, 5) is 4.70. The van der Waals surface area contributed by atoms with Crippen molar-refractivity contribution in [1.29, 1.82) is 0 Å². The maximum Gasteiger partial charge on any atom is 0.121 e. The molecule has 0 bridgehead atoms.